The Balaban J connectivity index is 1.94. The molecule has 1 heterocycles. The van der Waals surface area contributed by atoms with E-state index in [2.05, 4.69) is 10.6 Å². The number of anilines is 2. The lowest BCUT2D eigenvalue weighted by atomic mass is 10.2. The van der Waals surface area contributed by atoms with Crippen LogP contribution in [0.4, 0.5) is 11.4 Å². The number of esters is 1. The van der Waals surface area contributed by atoms with Crippen molar-refractivity contribution in [2.75, 3.05) is 10.6 Å². The number of nitrogens with one attached hydrogen (secondary N) is 2. The lowest BCUT2D eigenvalue weighted by molar-refractivity contribution is -0.123. The SMILES string of the molecule is CC(=O)Nc1ccc(NC(=O)C(C)OC(=O)c2cc(C)oc2C)cc1. The van der Waals surface area contributed by atoms with E-state index in [1.807, 2.05) is 0 Å². The number of hydrogen-bond donors (Lipinski definition) is 2. The first-order valence-corrected chi connectivity index (χ1v) is 7.73. The smallest absolute Gasteiger partial charge is 0.342 e. The topological polar surface area (TPSA) is 97.6 Å². The average molecular weight is 344 g/mol. The number of carbonyl (C=O) groups is 3. The van der Waals surface area contributed by atoms with E-state index in [0.717, 1.165) is 0 Å². The second-order valence-electron chi connectivity index (χ2n) is 5.62. The van der Waals surface area contributed by atoms with E-state index >= 15 is 0 Å². The third-order valence-electron chi connectivity index (χ3n) is 3.39. The standard InChI is InChI=1S/C18H20N2O5/c1-10-9-16(11(2)24-10)18(23)25-12(3)17(22)20-15-7-5-14(6-8-15)19-13(4)21/h5-9,12H,1-4H3,(H,19,21)(H,20,22). The van der Waals surface area contributed by atoms with Crippen molar-refractivity contribution in [3.05, 3.63) is 47.4 Å². The van der Waals surface area contributed by atoms with E-state index in [1.165, 1.54) is 13.8 Å². The van der Waals surface area contributed by atoms with E-state index in [-0.39, 0.29) is 5.91 Å². The van der Waals surface area contributed by atoms with E-state index in [9.17, 15) is 14.4 Å². The third-order valence-corrected chi connectivity index (χ3v) is 3.39. The van der Waals surface area contributed by atoms with Crippen LogP contribution in [0.1, 0.15) is 35.7 Å². The normalized spacial score (nSPS) is 11.5. The summed E-state index contributed by atoms with van der Waals surface area (Å²) in [6.45, 7) is 6.28. The van der Waals surface area contributed by atoms with Crippen molar-refractivity contribution in [3.8, 4) is 0 Å². The molecule has 0 bridgehead atoms. The zero-order valence-corrected chi connectivity index (χ0v) is 14.5. The molecule has 2 aromatic rings. The van der Waals surface area contributed by atoms with Gasteiger partial charge in [-0.3, -0.25) is 9.59 Å². The summed E-state index contributed by atoms with van der Waals surface area (Å²) in [6.07, 6.45) is -0.975. The quantitative estimate of drug-likeness (QED) is 0.813. The number of carbonyl (C=O) groups excluding carboxylic acids is 3. The summed E-state index contributed by atoms with van der Waals surface area (Å²) in [5, 5.41) is 5.28. The Labute approximate surface area is 145 Å². The van der Waals surface area contributed by atoms with Gasteiger partial charge in [0.1, 0.15) is 17.1 Å². The van der Waals surface area contributed by atoms with E-state index in [0.29, 0.717) is 28.5 Å². The van der Waals surface area contributed by atoms with Gasteiger partial charge in [0.05, 0.1) is 0 Å². The van der Waals surface area contributed by atoms with E-state index < -0.39 is 18.0 Å². The lowest BCUT2D eigenvalue weighted by Gasteiger charge is -2.13. The summed E-state index contributed by atoms with van der Waals surface area (Å²) >= 11 is 0. The predicted molar refractivity (Wildman–Crippen MR) is 92.4 cm³/mol. The molecule has 1 unspecified atom stereocenters. The van der Waals surface area contributed by atoms with Gasteiger partial charge in [-0.2, -0.15) is 0 Å². The van der Waals surface area contributed by atoms with Crippen molar-refractivity contribution in [3.63, 3.8) is 0 Å². The summed E-state index contributed by atoms with van der Waals surface area (Å²) in [4.78, 5) is 35.2. The minimum Gasteiger partial charge on any atom is -0.466 e. The molecule has 1 atom stereocenters. The Morgan fingerprint density at radius 3 is 2.08 bits per heavy atom. The summed E-state index contributed by atoms with van der Waals surface area (Å²) in [6, 6.07) is 8.17. The zero-order valence-electron chi connectivity index (χ0n) is 14.5. The van der Waals surface area contributed by atoms with Crippen LogP contribution in [-0.4, -0.2) is 23.9 Å². The van der Waals surface area contributed by atoms with Gasteiger partial charge in [-0.25, -0.2) is 4.79 Å². The number of ether oxygens (including phenoxy) is 1. The maximum Gasteiger partial charge on any atom is 0.342 e. The van der Waals surface area contributed by atoms with Crippen LogP contribution in [-0.2, 0) is 14.3 Å². The molecule has 0 spiro atoms. The molecule has 2 N–H and O–H groups in total. The van der Waals surface area contributed by atoms with Crippen LogP contribution in [0, 0.1) is 13.8 Å². The highest BCUT2D eigenvalue weighted by atomic mass is 16.5. The maximum absolute atomic E-state index is 12.2. The van der Waals surface area contributed by atoms with Crippen LogP contribution in [0.15, 0.2) is 34.7 Å². The molecule has 1 aromatic heterocycles. The van der Waals surface area contributed by atoms with Crippen molar-refractivity contribution >= 4 is 29.2 Å². The third kappa shape index (κ3) is 4.94. The van der Waals surface area contributed by atoms with Gasteiger partial charge in [-0.15, -0.1) is 0 Å². The van der Waals surface area contributed by atoms with Gasteiger partial charge >= 0.3 is 5.97 Å². The van der Waals surface area contributed by atoms with Gasteiger partial charge in [-0.05, 0) is 51.1 Å². The fraction of sp³-hybridized carbons (Fsp3) is 0.278. The summed E-state index contributed by atoms with van der Waals surface area (Å²) in [5.74, 6) is -0.205. The molecule has 0 radical (unpaired) electrons. The van der Waals surface area contributed by atoms with Gasteiger partial charge in [0.25, 0.3) is 5.91 Å². The molecule has 2 amide bonds. The minimum atomic E-state index is -0.975. The van der Waals surface area contributed by atoms with Crippen molar-refractivity contribution in [1.82, 2.24) is 0 Å². The van der Waals surface area contributed by atoms with Gasteiger partial charge in [-0.1, -0.05) is 0 Å². The van der Waals surface area contributed by atoms with Crippen LogP contribution >= 0.6 is 0 Å². The Bertz CT molecular complexity index is 792. The number of furan rings is 1. The summed E-state index contributed by atoms with van der Waals surface area (Å²) in [7, 11) is 0. The average Bonchev–Trinajstić information content (AvgIpc) is 2.87. The fourth-order valence-electron chi connectivity index (χ4n) is 2.20. The molecule has 7 nitrogen and oxygen atoms in total. The Hall–Kier alpha value is -3.09. The maximum atomic E-state index is 12.2. The predicted octanol–water partition coefficient (Wildman–Crippen LogP) is 3.04. The van der Waals surface area contributed by atoms with Crippen LogP contribution in [0.25, 0.3) is 0 Å². The summed E-state index contributed by atoms with van der Waals surface area (Å²) < 4.78 is 10.5. The highest BCUT2D eigenvalue weighted by Gasteiger charge is 2.22. The molecule has 2 rings (SSSR count). The number of rotatable bonds is 5. The molecule has 0 aliphatic heterocycles. The largest absolute Gasteiger partial charge is 0.466 e. The second kappa shape index (κ2) is 7.65. The first-order chi connectivity index (χ1) is 11.8. The number of hydrogen-bond acceptors (Lipinski definition) is 5. The lowest BCUT2D eigenvalue weighted by Crippen LogP contribution is -2.30. The Morgan fingerprint density at radius 2 is 1.60 bits per heavy atom. The molecule has 0 aliphatic rings. The Morgan fingerprint density at radius 1 is 1.04 bits per heavy atom. The van der Waals surface area contributed by atoms with Crippen molar-refractivity contribution < 1.29 is 23.5 Å². The molecule has 7 heteroatoms. The number of amides is 2. The van der Waals surface area contributed by atoms with Crippen LogP contribution in [0.3, 0.4) is 0 Å². The monoisotopic (exact) mass is 344 g/mol. The van der Waals surface area contributed by atoms with Crippen LogP contribution in [0.5, 0.6) is 0 Å². The molecule has 132 valence electrons. The molecule has 0 saturated heterocycles. The highest BCUT2D eigenvalue weighted by Crippen LogP contribution is 2.17. The van der Waals surface area contributed by atoms with Gasteiger partial charge in [0.15, 0.2) is 6.10 Å². The van der Waals surface area contributed by atoms with Gasteiger partial charge in [0, 0.05) is 18.3 Å². The molecule has 1 aromatic carbocycles. The Kier molecular flexibility index (Phi) is 5.59. The number of benzene rings is 1. The highest BCUT2D eigenvalue weighted by molar-refractivity contribution is 5.98. The van der Waals surface area contributed by atoms with Gasteiger partial charge in [0.2, 0.25) is 5.91 Å². The second-order valence-corrected chi connectivity index (χ2v) is 5.62. The molecule has 0 fully saturated rings. The first-order valence-electron chi connectivity index (χ1n) is 7.73. The molecule has 0 aliphatic carbocycles. The fourth-order valence-corrected chi connectivity index (χ4v) is 2.20. The summed E-state index contributed by atoms with van der Waals surface area (Å²) in [5.41, 5.74) is 1.45. The molecular weight excluding hydrogens is 324 g/mol. The molecule has 25 heavy (non-hydrogen) atoms. The van der Waals surface area contributed by atoms with Crippen molar-refractivity contribution in [1.29, 1.82) is 0 Å². The minimum absolute atomic E-state index is 0.179. The van der Waals surface area contributed by atoms with Crippen molar-refractivity contribution in [2.24, 2.45) is 0 Å². The van der Waals surface area contributed by atoms with Crippen LogP contribution < -0.4 is 10.6 Å². The van der Waals surface area contributed by atoms with Gasteiger partial charge < -0.3 is 19.8 Å². The molecule has 0 saturated carbocycles. The van der Waals surface area contributed by atoms with E-state index in [1.54, 1.807) is 44.2 Å². The zero-order chi connectivity index (χ0) is 18.6. The number of aryl methyl sites for hydroxylation is 2. The van der Waals surface area contributed by atoms with E-state index in [4.69, 9.17) is 9.15 Å². The molecular formula is C18H20N2O5. The first kappa shape index (κ1) is 18.3. The van der Waals surface area contributed by atoms with Crippen LogP contribution in [0.2, 0.25) is 0 Å². The van der Waals surface area contributed by atoms with Crippen molar-refractivity contribution in [2.45, 2.75) is 33.8 Å².